The van der Waals surface area contributed by atoms with E-state index in [0.29, 0.717) is 24.7 Å². The van der Waals surface area contributed by atoms with Crippen molar-refractivity contribution in [2.75, 3.05) is 12.4 Å². The monoisotopic (exact) mass is 455 g/mol. The molecule has 0 bridgehead atoms. The molecule has 0 radical (unpaired) electrons. The Morgan fingerprint density at radius 1 is 1.07 bits per heavy atom. The Bertz CT molecular complexity index is 1010. The largest absolute Gasteiger partial charge is 0.493 e. The summed E-state index contributed by atoms with van der Waals surface area (Å²) < 4.78 is 12.3. The first-order valence-corrected chi connectivity index (χ1v) is 9.88. The fourth-order valence-corrected chi connectivity index (χ4v) is 3.54. The number of anilines is 1. The van der Waals surface area contributed by atoms with E-state index in [9.17, 15) is 4.79 Å². The number of hydrogen-bond donors (Lipinski definition) is 2. The summed E-state index contributed by atoms with van der Waals surface area (Å²) in [4.78, 5) is 11.1. The first-order valence-electron chi connectivity index (χ1n) is 9.09. The Labute approximate surface area is 178 Å². The van der Waals surface area contributed by atoms with E-state index < -0.39 is 5.97 Å². The number of carbonyl (C=O) groups is 1. The van der Waals surface area contributed by atoms with Gasteiger partial charge in [-0.05, 0) is 69.9 Å². The van der Waals surface area contributed by atoms with Crippen LogP contribution in [-0.2, 0) is 13.2 Å². The van der Waals surface area contributed by atoms with Crippen LogP contribution >= 0.6 is 15.9 Å². The van der Waals surface area contributed by atoms with Crippen LogP contribution in [0.15, 0.2) is 65.1 Å². The van der Waals surface area contributed by atoms with Gasteiger partial charge in [0.1, 0.15) is 6.61 Å². The van der Waals surface area contributed by atoms with Gasteiger partial charge in [-0.3, -0.25) is 0 Å². The number of rotatable bonds is 8. The Morgan fingerprint density at radius 2 is 1.83 bits per heavy atom. The van der Waals surface area contributed by atoms with Crippen LogP contribution in [0.25, 0.3) is 0 Å². The molecule has 5 nitrogen and oxygen atoms in total. The Balaban J connectivity index is 1.72. The average Bonchev–Trinajstić information content (AvgIpc) is 2.72. The first-order chi connectivity index (χ1) is 14.0. The van der Waals surface area contributed by atoms with E-state index in [4.69, 9.17) is 14.6 Å². The third-order valence-corrected chi connectivity index (χ3v) is 5.06. The van der Waals surface area contributed by atoms with Crippen molar-refractivity contribution in [1.82, 2.24) is 0 Å². The number of nitrogens with one attached hydrogen (secondary N) is 1. The highest BCUT2D eigenvalue weighted by molar-refractivity contribution is 9.10. The van der Waals surface area contributed by atoms with Crippen LogP contribution in [0.5, 0.6) is 11.5 Å². The molecule has 0 aliphatic rings. The van der Waals surface area contributed by atoms with Crippen LogP contribution in [0.1, 0.15) is 27.0 Å². The molecule has 0 fully saturated rings. The average molecular weight is 456 g/mol. The van der Waals surface area contributed by atoms with Crippen molar-refractivity contribution in [2.45, 2.75) is 20.1 Å². The van der Waals surface area contributed by atoms with Gasteiger partial charge in [-0.1, -0.05) is 30.3 Å². The van der Waals surface area contributed by atoms with E-state index >= 15 is 0 Å². The minimum Gasteiger partial charge on any atom is -0.493 e. The maximum Gasteiger partial charge on any atom is 0.335 e. The zero-order chi connectivity index (χ0) is 20.8. The Hall–Kier alpha value is -2.99. The summed E-state index contributed by atoms with van der Waals surface area (Å²) in [5, 5.41) is 12.4. The van der Waals surface area contributed by atoms with Gasteiger partial charge in [0.2, 0.25) is 0 Å². The number of aromatic carboxylic acids is 1. The molecule has 3 aromatic carbocycles. The normalized spacial score (nSPS) is 10.4. The molecule has 0 aliphatic carbocycles. The van der Waals surface area contributed by atoms with Gasteiger partial charge < -0.3 is 19.9 Å². The standard InChI is InChI=1S/C23H22BrNO4/c1-15-10-18(23(26)27)8-9-20(15)25-13-17-11-19(24)22(21(12-17)28-2)29-14-16-6-4-3-5-7-16/h3-12,25H,13-14H2,1-2H3,(H,26,27). The number of ether oxygens (including phenoxy) is 2. The summed E-state index contributed by atoms with van der Waals surface area (Å²) in [5.74, 6) is 0.367. The Kier molecular flexibility index (Phi) is 6.77. The number of benzene rings is 3. The predicted molar refractivity (Wildman–Crippen MR) is 117 cm³/mol. The lowest BCUT2D eigenvalue weighted by Gasteiger charge is -2.16. The lowest BCUT2D eigenvalue weighted by atomic mass is 10.1. The molecule has 0 saturated heterocycles. The summed E-state index contributed by atoms with van der Waals surface area (Å²) in [5.41, 5.74) is 4.11. The molecular weight excluding hydrogens is 434 g/mol. The molecule has 2 N–H and O–H groups in total. The smallest absolute Gasteiger partial charge is 0.335 e. The van der Waals surface area contributed by atoms with Crippen LogP contribution in [0.3, 0.4) is 0 Å². The minimum atomic E-state index is -0.931. The number of methoxy groups -OCH3 is 1. The summed E-state index contributed by atoms with van der Waals surface area (Å²) in [6, 6.07) is 18.9. The minimum absolute atomic E-state index is 0.275. The molecule has 0 atom stereocenters. The van der Waals surface area contributed by atoms with E-state index in [1.807, 2.05) is 49.4 Å². The number of carboxylic acid groups (broad SMARTS) is 1. The van der Waals surface area contributed by atoms with Gasteiger partial charge in [-0.2, -0.15) is 0 Å². The molecule has 150 valence electrons. The molecule has 3 rings (SSSR count). The third kappa shape index (κ3) is 5.29. The highest BCUT2D eigenvalue weighted by Gasteiger charge is 2.13. The van der Waals surface area contributed by atoms with Crippen molar-refractivity contribution in [2.24, 2.45) is 0 Å². The van der Waals surface area contributed by atoms with E-state index in [1.54, 1.807) is 25.3 Å². The highest BCUT2D eigenvalue weighted by atomic mass is 79.9. The molecular formula is C23H22BrNO4. The lowest BCUT2D eigenvalue weighted by molar-refractivity contribution is 0.0697. The molecule has 3 aromatic rings. The molecule has 0 heterocycles. The molecule has 0 amide bonds. The second-order valence-corrected chi connectivity index (χ2v) is 7.43. The van der Waals surface area contributed by atoms with Crippen molar-refractivity contribution in [1.29, 1.82) is 0 Å². The first kappa shape index (κ1) is 20.7. The second kappa shape index (κ2) is 9.47. The lowest BCUT2D eigenvalue weighted by Crippen LogP contribution is -2.04. The number of hydrogen-bond acceptors (Lipinski definition) is 4. The van der Waals surface area contributed by atoms with Gasteiger partial charge in [-0.15, -0.1) is 0 Å². The summed E-state index contributed by atoms with van der Waals surface area (Å²) in [6.07, 6.45) is 0. The quantitative estimate of drug-likeness (QED) is 0.458. The van der Waals surface area contributed by atoms with Crippen molar-refractivity contribution in [3.05, 3.63) is 87.4 Å². The van der Waals surface area contributed by atoms with E-state index in [1.165, 1.54) is 0 Å². The fourth-order valence-electron chi connectivity index (χ4n) is 2.94. The van der Waals surface area contributed by atoms with E-state index in [2.05, 4.69) is 21.2 Å². The van der Waals surface area contributed by atoms with Crippen molar-refractivity contribution < 1.29 is 19.4 Å². The van der Waals surface area contributed by atoms with Gasteiger partial charge in [0.05, 0.1) is 17.1 Å². The van der Waals surface area contributed by atoms with E-state index in [0.717, 1.165) is 26.9 Å². The van der Waals surface area contributed by atoms with Gasteiger partial charge in [0.25, 0.3) is 0 Å². The Morgan fingerprint density at radius 3 is 2.48 bits per heavy atom. The predicted octanol–water partition coefficient (Wildman–Crippen LogP) is 5.66. The van der Waals surface area contributed by atoms with Crippen molar-refractivity contribution >= 4 is 27.6 Å². The number of carboxylic acids is 1. The molecule has 0 aliphatic heterocycles. The van der Waals surface area contributed by atoms with Crippen LogP contribution < -0.4 is 14.8 Å². The molecule has 0 spiro atoms. The van der Waals surface area contributed by atoms with Crippen molar-refractivity contribution in [3.8, 4) is 11.5 Å². The van der Waals surface area contributed by atoms with Crippen molar-refractivity contribution in [3.63, 3.8) is 0 Å². The summed E-state index contributed by atoms with van der Waals surface area (Å²) in [6.45, 7) is 2.88. The summed E-state index contributed by atoms with van der Waals surface area (Å²) >= 11 is 3.58. The molecule has 29 heavy (non-hydrogen) atoms. The zero-order valence-electron chi connectivity index (χ0n) is 16.2. The fraction of sp³-hybridized carbons (Fsp3) is 0.174. The van der Waals surface area contributed by atoms with Gasteiger partial charge in [0.15, 0.2) is 11.5 Å². The van der Waals surface area contributed by atoms with Crippen LogP contribution in [0, 0.1) is 6.92 Å². The number of aryl methyl sites for hydroxylation is 1. The second-order valence-electron chi connectivity index (χ2n) is 6.57. The SMILES string of the molecule is COc1cc(CNc2ccc(C(=O)O)cc2C)cc(Br)c1OCc1ccccc1. The van der Waals surface area contributed by atoms with Gasteiger partial charge in [0, 0.05) is 12.2 Å². The molecule has 0 unspecified atom stereocenters. The molecule has 6 heteroatoms. The van der Waals surface area contributed by atoms with E-state index in [-0.39, 0.29) is 5.56 Å². The van der Waals surface area contributed by atoms with Crippen LogP contribution in [0.4, 0.5) is 5.69 Å². The third-order valence-electron chi connectivity index (χ3n) is 4.47. The maximum atomic E-state index is 11.1. The highest BCUT2D eigenvalue weighted by Crippen LogP contribution is 2.37. The molecule has 0 aromatic heterocycles. The molecule has 0 saturated carbocycles. The zero-order valence-corrected chi connectivity index (χ0v) is 17.8. The maximum absolute atomic E-state index is 11.1. The topological polar surface area (TPSA) is 67.8 Å². The van der Waals surface area contributed by atoms with Crippen LogP contribution in [-0.4, -0.2) is 18.2 Å². The van der Waals surface area contributed by atoms with Crippen LogP contribution in [0.2, 0.25) is 0 Å². The number of halogens is 1. The van der Waals surface area contributed by atoms with Gasteiger partial charge >= 0.3 is 5.97 Å². The van der Waals surface area contributed by atoms with Gasteiger partial charge in [-0.25, -0.2) is 4.79 Å². The summed E-state index contributed by atoms with van der Waals surface area (Å²) in [7, 11) is 1.61.